The van der Waals surface area contributed by atoms with Gasteiger partial charge < -0.3 is 9.47 Å². The fourth-order valence-corrected chi connectivity index (χ4v) is 5.46. The highest BCUT2D eigenvalue weighted by Crippen LogP contribution is 2.38. The quantitative estimate of drug-likeness (QED) is 0.848. The van der Waals surface area contributed by atoms with E-state index in [1.807, 2.05) is 19.1 Å². The number of piperidine rings is 1. The van der Waals surface area contributed by atoms with Crippen molar-refractivity contribution in [3.63, 3.8) is 0 Å². The molecular formula is C17H25NO4S. The summed E-state index contributed by atoms with van der Waals surface area (Å²) in [4.78, 5) is 0.406. The first kappa shape index (κ1) is 16.9. The molecule has 6 heteroatoms. The predicted octanol–water partition coefficient (Wildman–Crippen LogP) is 2.34. The molecule has 0 radical (unpaired) electrons. The van der Waals surface area contributed by atoms with E-state index in [4.69, 9.17) is 9.47 Å². The predicted molar refractivity (Wildman–Crippen MR) is 87.9 cm³/mol. The Hall–Kier alpha value is -0.950. The lowest BCUT2D eigenvalue weighted by Gasteiger charge is -2.47. The zero-order valence-corrected chi connectivity index (χ0v) is 14.6. The van der Waals surface area contributed by atoms with Crippen LogP contribution in [0.15, 0.2) is 29.2 Å². The van der Waals surface area contributed by atoms with Gasteiger partial charge in [0.05, 0.1) is 16.6 Å². The van der Waals surface area contributed by atoms with Gasteiger partial charge in [0, 0.05) is 26.8 Å². The maximum atomic E-state index is 12.9. The minimum absolute atomic E-state index is 0.0690. The van der Waals surface area contributed by atoms with Crippen molar-refractivity contribution in [2.24, 2.45) is 0 Å². The normalized spacial score (nSPS) is 25.6. The lowest BCUT2D eigenvalue weighted by molar-refractivity contribution is -0.182. The van der Waals surface area contributed by atoms with E-state index in [1.165, 1.54) is 0 Å². The second-order valence-corrected chi connectivity index (χ2v) is 8.36. The zero-order valence-electron chi connectivity index (χ0n) is 13.8. The van der Waals surface area contributed by atoms with Gasteiger partial charge in [0.15, 0.2) is 0 Å². The summed E-state index contributed by atoms with van der Waals surface area (Å²) < 4.78 is 39.0. The molecule has 0 saturated carbocycles. The smallest absolute Gasteiger partial charge is 0.243 e. The summed E-state index contributed by atoms with van der Waals surface area (Å²) in [5.41, 5.74) is 0.474. The van der Waals surface area contributed by atoms with Crippen LogP contribution in [0.1, 0.15) is 31.2 Å². The lowest BCUT2D eigenvalue weighted by atomic mass is 9.82. The maximum absolute atomic E-state index is 12.9. The molecule has 3 rings (SSSR count). The number of rotatable bonds is 3. The molecule has 0 amide bonds. The minimum Gasteiger partial charge on any atom is -0.378 e. The molecule has 5 nitrogen and oxygen atoms in total. The van der Waals surface area contributed by atoms with Gasteiger partial charge in [-0.25, -0.2) is 8.42 Å². The molecule has 1 aromatic carbocycles. The van der Waals surface area contributed by atoms with Crippen LogP contribution in [0, 0.1) is 6.92 Å². The van der Waals surface area contributed by atoms with Crippen LogP contribution in [0.5, 0.6) is 0 Å². The molecule has 1 aromatic rings. The summed E-state index contributed by atoms with van der Waals surface area (Å²) in [6, 6.07) is 7.16. The van der Waals surface area contributed by atoms with E-state index in [0.717, 1.165) is 25.0 Å². The number of hydrogen-bond acceptors (Lipinski definition) is 4. The topological polar surface area (TPSA) is 55.8 Å². The Morgan fingerprint density at radius 2 is 1.96 bits per heavy atom. The molecule has 2 saturated heterocycles. The Morgan fingerprint density at radius 3 is 2.61 bits per heavy atom. The SMILES string of the molecule is COC1CCCOC12CCN(S(=O)(=O)c1ccccc1C)CC2. The summed E-state index contributed by atoms with van der Waals surface area (Å²) in [5.74, 6) is 0. The molecule has 0 N–H and O–H groups in total. The molecule has 2 aliphatic heterocycles. The zero-order chi connectivity index (χ0) is 16.5. The minimum atomic E-state index is -3.44. The van der Waals surface area contributed by atoms with Crippen LogP contribution in [0.4, 0.5) is 0 Å². The van der Waals surface area contributed by atoms with Gasteiger partial charge in [-0.1, -0.05) is 18.2 Å². The van der Waals surface area contributed by atoms with E-state index >= 15 is 0 Å². The molecule has 1 atom stereocenters. The molecule has 2 heterocycles. The maximum Gasteiger partial charge on any atom is 0.243 e. The summed E-state index contributed by atoms with van der Waals surface area (Å²) in [7, 11) is -1.72. The summed E-state index contributed by atoms with van der Waals surface area (Å²) in [6.45, 7) is 3.54. The number of sulfonamides is 1. The van der Waals surface area contributed by atoms with E-state index in [-0.39, 0.29) is 11.7 Å². The molecule has 23 heavy (non-hydrogen) atoms. The summed E-state index contributed by atoms with van der Waals surface area (Å²) in [5, 5.41) is 0. The number of benzene rings is 1. The molecule has 128 valence electrons. The van der Waals surface area contributed by atoms with Crippen molar-refractivity contribution in [2.75, 3.05) is 26.8 Å². The second-order valence-electron chi connectivity index (χ2n) is 6.45. The van der Waals surface area contributed by atoms with E-state index in [0.29, 0.717) is 30.8 Å². The molecule has 0 bridgehead atoms. The fourth-order valence-electron chi connectivity index (χ4n) is 3.79. The van der Waals surface area contributed by atoms with Crippen LogP contribution in [0.25, 0.3) is 0 Å². The Bertz CT molecular complexity index is 650. The highest BCUT2D eigenvalue weighted by atomic mass is 32.2. The van der Waals surface area contributed by atoms with E-state index in [2.05, 4.69) is 0 Å². The molecule has 1 spiro atoms. The molecule has 2 aliphatic rings. The highest BCUT2D eigenvalue weighted by Gasteiger charge is 2.46. The molecule has 1 unspecified atom stereocenters. The third-order valence-corrected chi connectivity index (χ3v) is 7.21. The van der Waals surface area contributed by atoms with Crippen molar-refractivity contribution in [1.29, 1.82) is 0 Å². The average molecular weight is 339 g/mol. The largest absolute Gasteiger partial charge is 0.378 e. The molecule has 0 aliphatic carbocycles. The van der Waals surface area contributed by atoms with Crippen LogP contribution in [0.3, 0.4) is 0 Å². The second kappa shape index (κ2) is 6.51. The monoisotopic (exact) mass is 339 g/mol. The number of methoxy groups -OCH3 is 1. The standard InChI is InChI=1S/C17H25NO4S/c1-14-6-3-4-7-15(14)23(19,20)18-11-9-17(10-12-18)16(21-2)8-5-13-22-17/h3-4,6-7,16H,5,8-13H2,1-2H3. The average Bonchev–Trinajstić information content (AvgIpc) is 2.56. The van der Waals surface area contributed by atoms with Crippen molar-refractivity contribution < 1.29 is 17.9 Å². The van der Waals surface area contributed by atoms with Crippen molar-refractivity contribution in [1.82, 2.24) is 4.31 Å². The van der Waals surface area contributed by atoms with Crippen molar-refractivity contribution in [3.8, 4) is 0 Å². The molecule has 0 aromatic heterocycles. The third-order valence-electron chi connectivity index (χ3n) is 5.15. The highest BCUT2D eigenvalue weighted by molar-refractivity contribution is 7.89. The first-order valence-electron chi connectivity index (χ1n) is 8.22. The number of ether oxygens (including phenoxy) is 2. The van der Waals surface area contributed by atoms with E-state index < -0.39 is 10.0 Å². The van der Waals surface area contributed by atoms with Gasteiger partial charge in [0.1, 0.15) is 0 Å². The van der Waals surface area contributed by atoms with Crippen LogP contribution < -0.4 is 0 Å². The van der Waals surface area contributed by atoms with Crippen LogP contribution in [-0.2, 0) is 19.5 Å². The number of hydrogen-bond donors (Lipinski definition) is 0. The van der Waals surface area contributed by atoms with Gasteiger partial charge in [-0.2, -0.15) is 4.31 Å². The van der Waals surface area contributed by atoms with Gasteiger partial charge in [-0.3, -0.25) is 0 Å². The first-order valence-corrected chi connectivity index (χ1v) is 9.66. The summed E-state index contributed by atoms with van der Waals surface area (Å²) in [6.07, 6.45) is 3.44. The number of aryl methyl sites for hydroxylation is 1. The van der Waals surface area contributed by atoms with Gasteiger partial charge in [-0.05, 0) is 44.2 Å². The van der Waals surface area contributed by atoms with Gasteiger partial charge in [0.2, 0.25) is 10.0 Å². The lowest BCUT2D eigenvalue weighted by Crippen LogP contribution is -2.56. The third kappa shape index (κ3) is 3.05. The Balaban J connectivity index is 1.77. The van der Waals surface area contributed by atoms with E-state index in [1.54, 1.807) is 23.5 Å². The van der Waals surface area contributed by atoms with Crippen molar-refractivity contribution >= 4 is 10.0 Å². The molecule has 2 fully saturated rings. The fraction of sp³-hybridized carbons (Fsp3) is 0.647. The first-order chi connectivity index (χ1) is 11.0. The van der Waals surface area contributed by atoms with Gasteiger partial charge in [0.25, 0.3) is 0 Å². The Morgan fingerprint density at radius 1 is 1.26 bits per heavy atom. The van der Waals surface area contributed by atoms with Crippen LogP contribution in [-0.4, -0.2) is 51.2 Å². The number of nitrogens with zero attached hydrogens (tertiary/aromatic N) is 1. The van der Waals surface area contributed by atoms with Gasteiger partial charge in [-0.15, -0.1) is 0 Å². The van der Waals surface area contributed by atoms with Crippen LogP contribution >= 0.6 is 0 Å². The Kier molecular flexibility index (Phi) is 4.78. The van der Waals surface area contributed by atoms with Crippen molar-refractivity contribution in [3.05, 3.63) is 29.8 Å². The van der Waals surface area contributed by atoms with Gasteiger partial charge >= 0.3 is 0 Å². The van der Waals surface area contributed by atoms with Crippen LogP contribution in [0.2, 0.25) is 0 Å². The van der Waals surface area contributed by atoms with Crippen molar-refractivity contribution in [2.45, 2.75) is 49.2 Å². The Labute approximate surface area is 138 Å². The van der Waals surface area contributed by atoms with E-state index in [9.17, 15) is 8.42 Å². The molecular weight excluding hydrogens is 314 g/mol. The summed E-state index contributed by atoms with van der Waals surface area (Å²) >= 11 is 0.